The van der Waals surface area contributed by atoms with E-state index in [0.717, 1.165) is 0 Å². The molecular weight excluding hydrogens is 344 g/mol. The van der Waals surface area contributed by atoms with E-state index in [1.807, 2.05) is 0 Å². The van der Waals surface area contributed by atoms with Crippen LogP contribution in [-0.4, -0.2) is 29.8 Å². The van der Waals surface area contributed by atoms with Gasteiger partial charge in [0.2, 0.25) is 0 Å². The number of ether oxygens (including phenoxy) is 1. The smallest absolute Gasteiger partial charge is 0.337 e. The van der Waals surface area contributed by atoms with Gasteiger partial charge in [0.25, 0.3) is 11.7 Å². The van der Waals surface area contributed by atoms with Gasteiger partial charge in [-0.25, -0.2) is 4.79 Å². The average Bonchev–Trinajstić information content (AvgIpc) is 3.03. The number of esters is 1. The number of carbonyl (C=O) groups is 3. The van der Waals surface area contributed by atoms with Crippen molar-refractivity contribution < 1.29 is 19.1 Å². The highest BCUT2D eigenvalue weighted by Crippen LogP contribution is 2.23. The van der Waals surface area contributed by atoms with Crippen LogP contribution >= 0.6 is 11.6 Å². The maximum atomic E-state index is 12.4. The van der Waals surface area contributed by atoms with E-state index in [4.69, 9.17) is 11.6 Å². The number of hydrogen-bond acceptors (Lipinski definition) is 4. The Morgan fingerprint density at radius 3 is 2.68 bits per heavy atom. The first-order valence-electron chi connectivity index (χ1n) is 7.30. The lowest BCUT2D eigenvalue weighted by atomic mass is 10.1. The molecular formula is C18H13ClN2O4. The van der Waals surface area contributed by atoms with Crippen molar-refractivity contribution >= 4 is 45.9 Å². The number of nitrogens with one attached hydrogen (secondary N) is 2. The number of H-pyrrole nitrogens is 1. The Bertz CT molecular complexity index is 994. The van der Waals surface area contributed by atoms with E-state index in [-0.39, 0.29) is 11.1 Å². The average molecular weight is 357 g/mol. The highest BCUT2D eigenvalue weighted by atomic mass is 35.5. The van der Waals surface area contributed by atoms with Crippen LogP contribution in [0.1, 0.15) is 20.7 Å². The molecule has 0 fully saturated rings. The van der Waals surface area contributed by atoms with E-state index in [1.54, 1.807) is 36.4 Å². The van der Waals surface area contributed by atoms with Gasteiger partial charge < -0.3 is 15.0 Å². The fourth-order valence-corrected chi connectivity index (χ4v) is 2.61. The van der Waals surface area contributed by atoms with Crippen molar-refractivity contribution in [2.45, 2.75) is 0 Å². The van der Waals surface area contributed by atoms with Crippen LogP contribution < -0.4 is 5.32 Å². The summed E-state index contributed by atoms with van der Waals surface area (Å²) in [6.45, 7) is 0. The maximum Gasteiger partial charge on any atom is 0.337 e. The first kappa shape index (κ1) is 16.7. The third kappa shape index (κ3) is 3.39. The summed E-state index contributed by atoms with van der Waals surface area (Å²) in [6.07, 6.45) is 1.47. The van der Waals surface area contributed by atoms with E-state index >= 15 is 0 Å². The molecule has 0 atom stereocenters. The van der Waals surface area contributed by atoms with Gasteiger partial charge >= 0.3 is 5.97 Å². The number of ketones is 1. The topological polar surface area (TPSA) is 88.3 Å². The lowest BCUT2D eigenvalue weighted by molar-refractivity contribution is -0.112. The predicted octanol–water partition coefficient (Wildman–Crippen LogP) is 3.43. The molecule has 0 unspecified atom stereocenters. The number of aromatic amines is 1. The summed E-state index contributed by atoms with van der Waals surface area (Å²) in [6, 6.07) is 11.1. The first-order valence-corrected chi connectivity index (χ1v) is 7.68. The molecule has 0 spiro atoms. The van der Waals surface area contributed by atoms with Crippen LogP contribution in [0.15, 0.2) is 48.7 Å². The number of hydrogen-bond donors (Lipinski definition) is 2. The number of anilines is 1. The largest absolute Gasteiger partial charge is 0.465 e. The van der Waals surface area contributed by atoms with E-state index < -0.39 is 17.7 Å². The second kappa shape index (κ2) is 6.78. The highest BCUT2D eigenvalue weighted by molar-refractivity contribution is 6.48. The number of halogens is 1. The van der Waals surface area contributed by atoms with Gasteiger partial charge in [0.15, 0.2) is 0 Å². The summed E-state index contributed by atoms with van der Waals surface area (Å²) in [5.74, 6) is -2.04. The maximum absolute atomic E-state index is 12.4. The molecule has 3 rings (SSSR count). The fourth-order valence-electron chi connectivity index (χ4n) is 2.44. The third-order valence-electron chi connectivity index (χ3n) is 3.64. The first-order chi connectivity index (χ1) is 12.0. The van der Waals surface area contributed by atoms with E-state index in [9.17, 15) is 14.4 Å². The van der Waals surface area contributed by atoms with Gasteiger partial charge in [-0.2, -0.15) is 0 Å². The SMILES string of the molecule is COC(=O)c1cccc(NC(=O)C(=O)c2c[nH]c3cc(Cl)ccc23)c1. The molecule has 0 aliphatic heterocycles. The number of Topliss-reactive ketones (excluding diaryl/α,β-unsaturated/α-hetero) is 1. The Hall–Kier alpha value is -3.12. The van der Waals surface area contributed by atoms with Crippen molar-refractivity contribution in [3.8, 4) is 0 Å². The van der Waals surface area contributed by atoms with Crippen LogP contribution in [0.5, 0.6) is 0 Å². The summed E-state index contributed by atoms with van der Waals surface area (Å²) in [5, 5.41) is 3.62. The molecule has 1 aromatic heterocycles. The van der Waals surface area contributed by atoms with Crippen molar-refractivity contribution in [2.75, 3.05) is 12.4 Å². The fraction of sp³-hybridized carbons (Fsp3) is 0.0556. The molecule has 126 valence electrons. The molecule has 3 aromatic rings. The van der Waals surface area contributed by atoms with E-state index in [2.05, 4.69) is 15.0 Å². The zero-order valence-corrected chi connectivity index (χ0v) is 13.9. The molecule has 0 saturated heterocycles. The number of methoxy groups -OCH3 is 1. The van der Waals surface area contributed by atoms with E-state index in [1.165, 1.54) is 19.4 Å². The van der Waals surface area contributed by atoms with Crippen molar-refractivity contribution in [1.29, 1.82) is 0 Å². The second-order valence-corrected chi connectivity index (χ2v) is 5.68. The van der Waals surface area contributed by atoms with Crippen LogP contribution in [0.25, 0.3) is 10.9 Å². The van der Waals surface area contributed by atoms with Crippen LogP contribution in [0.2, 0.25) is 5.02 Å². The Morgan fingerprint density at radius 1 is 1.12 bits per heavy atom. The third-order valence-corrected chi connectivity index (χ3v) is 3.87. The minimum atomic E-state index is -0.808. The zero-order valence-electron chi connectivity index (χ0n) is 13.1. The standard InChI is InChI=1S/C18H13ClN2O4/c1-25-18(24)10-3-2-4-12(7-10)21-17(23)16(22)14-9-20-15-8-11(19)5-6-13(14)15/h2-9,20H,1H3,(H,21,23). The van der Waals surface area contributed by atoms with E-state index in [0.29, 0.717) is 21.6 Å². The quantitative estimate of drug-likeness (QED) is 0.426. The van der Waals surface area contributed by atoms with Crippen molar-refractivity contribution in [3.63, 3.8) is 0 Å². The number of rotatable bonds is 4. The van der Waals surface area contributed by atoms with Crippen molar-refractivity contribution in [3.05, 3.63) is 64.8 Å². The second-order valence-electron chi connectivity index (χ2n) is 5.25. The summed E-state index contributed by atoms with van der Waals surface area (Å²) in [4.78, 5) is 39.1. The minimum absolute atomic E-state index is 0.244. The molecule has 2 aromatic carbocycles. The lowest BCUT2D eigenvalue weighted by Gasteiger charge is -2.06. The van der Waals surface area contributed by atoms with Gasteiger partial charge in [-0.05, 0) is 30.3 Å². The van der Waals surface area contributed by atoms with Crippen LogP contribution in [0, 0.1) is 0 Å². The van der Waals surface area contributed by atoms with Crippen molar-refractivity contribution in [1.82, 2.24) is 4.98 Å². The number of fused-ring (bicyclic) bond motifs is 1. The lowest BCUT2D eigenvalue weighted by Crippen LogP contribution is -2.22. The molecule has 0 bridgehead atoms. The Balaban J connectivity index is 1.83. The highest BCUT2D eigenvalue weighted by Gasteiger charge is 2.20. The normalized spacial score (nSPS) is 10.5. The number of amides is 1. The van der Waals surface area contributed by atoms with Crippen LogP contribution in [0.3, 0.4) is 0 Å². The monoisotopic (exact) mass is 356 g/mol. The molecule has 25 heavy (non-hydrogen) atoms. The Labute approximate surface area is 147 Å². The molecule has 0 aliphatic carbocycles. The molecule has 0 saturated carbocycles. The van der Waals surface area contributed by atoms with Gasteiger partial charge in [-0.1, -0.05) is 23.7 Å². The molecule has 0 aliphatic rings. The van der Waals surface area contributed by atoms with Gasteiger partial charge in [-0.15, -0.1) is 0 Å². The Kier molecular flexibility index (Phi) is 4.54. The van der Waals surface area contributed by atoms with Crippen LogP contribution in [0.4, 0.5) is 5.69 Å². The number of benzene rings is 2. The van der Waals surface area contributed by atoms with Gasteiger partial charge in [-0.3, -0.25) is 9.59 Å². The molecule has 7 heteroatoms. The van der Waals surface area contributed by atoms with Gasteiger partial charge in [0, 0.05) is 27.8 Å². The van der Waals surface area contributed by atoms with Gasteiger partial charge in [0.1, 0.15) is 0 Å². The summed E-state index contributed by atoms with van der Waals surface area (Å²) >= 11 is 5.91. The molecule has 6 nitrogen and oxygen atoms in total. The summed E-state index contributed by atoms with van der Waals surface area (Å²) in [7, 11) is 1.26. The summed E-state index contributed by atoms with van der Waals surface area (Å²) in [5.41, 5.74) is 1.50. The predicted molar refractivity (Wildman–Crippen MR) is 94.1 cm³/mol. The van der Waals surface area contributed by atoms with Crippen LogP contribution in [-0.2, 0) is 9.53 Å². The molecule has 2 N–H and O–H groups in total. The Morgan fingerprint density at radius 2 is 1.92 bits per heavy atom. The zero-order chi connectivity index (χ0) is 18.0. The molecule has 1 amide bonds. The minimum Gasteiger partial charge on any atom is -0.465 e. The summed E-state index contributed by atoms with van der Waals surface area (Å²) < 4.78 is 4.63. The number of aromatic nitrogens is 1. The van der Waals surface area contributed by atoms with Crippen molar-refractivity contribution in [2.24, 2.45) is 0 Å². The van der Waals surface area contributed by atoms with Gasteiger partial charge in [0.05, 0.1) is 18.2 Å². The molecule has 0 radical (unpaired) electrons. The molecule has 1 heterocycles. The number of carbonyl (C=O) groups excluding carboxylic acids is 3.